The summed E-state index contributed by atoms with van der Waals surface area (Å²) < 4.78 is 28.2. The van der Waals surface area contributed by atoms with Crippen molar-refractivity contribution in [3.8, 4) is 0 Å². The summed E-state index contributed by atoms with van der Waals surface area (Å²) in [6.45, 7) is 1.22. The van der Waals surface area contributed by atoms with Crippen LogP contribution in [0.1, 0.15) is 6.92 Å². The zero-order valence-electron chi connectivity index (χ0n) is 12.7. The SMILES string of the molecule is CC(=O)NCCS(=O)(=O)O.CN.c1ccc2ccccc2c1. The Morgan fingerprint density at radius 1 is 1.05 bits per heavy atom. The predicted molar refractivity (Wildman–Crippen MR) is 89.2 cm³/mol. The van der Waals surface area contributed by atoms with Crippen molar-refractivity contribution in [2.45, 2.75) is 6.92 Å². The molecule has 1 amide bonds. The number of hydrogen-bond donors (Lipinski definition) is 3. The van der Waals surface area contributed by atoms with Crippen molar-refractivity contribution in [2.24, 2.45) is 5.73 Å². The minimum Gasteiger partial charge on any atom is -0.355 e. The number of rotatable bonds is 3. The normalized spacial score (nSPS) is 9.82. The number of fused-ring (bicyclic) bond motifs is 1. The highest BCUT2D eigenvalue weighted by Gasteiger charge is 2.02. The lowest BCUT2D eigenvalue weighted by Gasteiger charge is -1.97. The molecule has 0 atom stereocenters. The summed E-state index contributed by atoms with van der Waals surface area (Å²) in [6, 6.07) is 16.7. The molecule has 0 aliphatic heterocycles. The Hall–Kier alpha value is -1.96. The van der Waals surface area contributed by atoms with Crippen LogP contribution in [0.3, 0.4) is 0 Å². The summed E-state index contributed by atoms with van der Waals surface area (Å²) in [5, 5.41) is 4.84. The average molecular weight is 326 g/mol. The van der Waals surface area contributed by atoms with Crippen molar-refractivity contribution < 1.29 is 17.8 Å². The van der Waals surface area contributed by atoms with Crippen LogP contribution >= 0.6 is 0 Å². The van der Waals surface area contributed by atoms with E-state index in [9.17, 15) is 13.2 Å². The van der Waals surface area contributed by atoms with Crippen molar-refractivity contribution in [2.75, 3.05) is 19.3 Å². The number of benzene rings is 2. The lowest BCUT2D eigenvalue weighted by atomic mass is 10.1. The number of nitrogens with one attached hydrogen (secondary N) is 1. The first kappa shape index (κ1) is 20.0. The quantitative estimate of drug-likeness (QED) is 0.739. The lowest BCUT2D eigenvalue weighted by molar-refractivity contribution is -0.118. The maximum absolute atomic E-state index is 10.1. The van der Waals surface area contributed by atoms with E-state index in [0.717, 1.165) is 0 Å². The van der Waals surface area contributed by atoms with Gasteiger partial charge in [0.05, 0.1) is 5.75 Å². The van der Waals surface area contributed by atoms with Gasteiger partial charge in [0.25, 0.3) is 10.1 Å². The minimum absolute atomic E-state index is 0.0475. The smallest absolute Gasteiger partial charge is 0.266 e. The second-order valence-electron chi connectivity index (χ2n) is 4.12. The molecule has 6 nitrogen and oxygen atoms in total. The molecule has 0 aliphatic rings. The molecule has 22 heavy (non-hydrogen) atoms. The van der Waals surface area contributed by atoms with Gasteiger partial charge in [0, 0.05) is 13.5 Å². The van der Waals surface area contributed by atoms with Gasteiger partial charge in [-0.25, -0.2) is 0 Å². The van der Waals surface area contributed by atoms with Gasteiger partial charge in [-0.1, -0.05) is 48.5 Å². The molecule has 0 heterocycles. The first-order valence-electron chi connectivity index (χ1n) is 6.59. The summed E-state index contributed by atoms with van der Waals surface area (Å²) in [6.07, 6.45) is 0. The molecule has 4 N–H and O–H groups in total. The van der Waals surface area contributed by atoms with Crippen LogP contribution in [-0.4, -0.2) is 38.2 Å². The number of amides is 1. The Morgan fingerprint density at radius 3 is 1.68 bits per heavy atom. The third kappa shape index (κ3) is 9.87. The molecule has 0 aromatic heterocycles. The molecule has 0 fully saturated rings. The van der Waals surface area contributed by atoms with Gasteiger partial charge < -0.3 is 11.1 Å². The Balaban J connectivity index is 0.000000360. The largest absolute Gasteiger partial charge is 0.355 e. The van der Waals surface area contributed by atoms with Crippen molar-refractivity contribution in [3.63, 3.8) is 0 Å². The van der Waals surface area contributed by atoms with Crippen molar-refractivity contribution in [3.05, 3.63) is 48.5 Å². The number of hydrogen-bond acceptors (Lipinski definition) is 4. The standard InChI is InChI=1S/C10H8.C4H9NO4S.CH5N/c1-2-6-10-8-4-3-7-9(10)5-1;1-4(6)5-2-3-10(7,8)9;1-2/h1-8H;2-3H2,1H3,(H,5,6)(H,7,8,9);2H2,1H3. The van der Waals surface area contributed by atoms with E-state index in [1.807, 2.05) is 0 Å². The Morgan fingerprint density at radius 2 is 1.41 bits per heavy atom. The summed E-state index contributed by atoms with van der Waals surface area (Å²) >= 11 is 0. The molecule has 0 bridgehead atoms. The molecule has 122 valence electrons. The summed E-state index contributed by atoms with van der Waals surface area (Å²) in [5.74, 6) is -0.754. The third-order valence-electron chi connectivity index (χ3n) is 2.39. The summed E-state index contributed by atoms with van der Waals surface area (Å²) in [7, 11) is -2.43. The molecule has 2 rings (SSSR count). The van der Waals surface area contributed by atoms with Gasteiger partial charge in [0.1, 0.15) is 0 Å². The molecular weight excluding hydrogens is 304 g/mol. The summed E-state index contributed by atoms with van der Waals surface area (Å²) in [5.41, 5.74) is 4.50. The van der Waals surface area contributed by atoms with Crippen LogP contribution in [0.4, 0.5) is 0 Å². The fraction of sp³-hybridized carbons (Fsp3) is 0.267. The van der Waals surface area contributed by atoms with Crippen molar-refractivity contribution in [1.82, 2.24) is 5.32 Å². The Kier molecular flexibility index (Phi) is 9.77. The lowest BCUT2D eigenvalue weighted by Crippen LogP contribution is -2.26. The average Bonchev–Trinajstić information content (AvgIpc) is 2.48. The number of nitrogens with two attached hydrogens (primary N) is 1. The first-order chi connectivity index (χ1) is 10.4. The van der Waals surface area contributed by atoms with E-state index in [1.54, 1.807) is 0 Å². The van der Waals surface area contributed by atoms with E-state index in [4.69, 9.17) is 4.55 Å². The van der Waals surface area contributed by atoms with Crippen molar-refractivity contribution >= 4 is 26.8 Å². The second-order valence-corrected chi connectivity index (χ2v) is 5.69. The van der Waals surface area contributed by atoms with Crippen LogP contribution in [-0.2, 0) is 14.9 Å². The topological polar surface area (TPSA) is 109 Å². The van der Waals surface area contributed by atoms with E-state index >= 15 is 0 Å². The highest BCUT2D eigenvalue weighted by Crippen LogP contribution is 2.11. The van der Waals surface area contributed by atoms with Crippen LogP contribution in [0.25, 0.3) is 10.8 Å². The number of carbonyl (C=O) groups is 1. The molecule has 2 aromatic rings. The highest BCUT2D eigenvalue weighted by atomic mass is 32.2. The molecule has 2 aromatic carbocycles. The highest BCUT2D eigenvalue weighted by molar-refractivity contribution is 7.85. The van der Waals surface area contributed by atoms with Crippen LogP contribution < -0.4 is 11.1 Å². The van der Waals surface area contributed by atoms with E-state index in [-0.39, 0.29) is 12.5 Å². The van der Waals surface area contributed by atoms with E-state index < -0.39 is 15.9 Å². The van der Waals surface area contributed by atoms with E-state index in [0.29, 0.717) is 0 Å². The maximum atomic E-state index is 10.1. The van der Waals surface area contributed by atoms with Gasteiger partial charge >= 0.3 is 0 Å². The van der Waals surface area contributed by atoms with E-state index in [2.05, 4.69) is 59.6 Å². The zero-order valence-corrected chi connectivity index (χ0v) is 13.5. The Labute approximate surface area is 131 Å². The van der Waals surface area contributed by atoms with Gasteiger partial charge in [0.15, 0.2) is 0 Å². The minimum atomic E-state index is -3.93. The van der Waals surface area contributed by atoms with E-state index in [1.165, 1.54) is 24.7 Å². The monoisotopic (exact) mass is 326 g/mol. The van der Waals surface area contributed by atoms with Crippen LogP contribution in [0.2, 0.25) is 0 Å². The molecule has 0 spiro atoms. The molecular formula is C15H22N2O4S. The Bertz CT molecular complexity index is 607. The van der Waals surface area contributed by atoms with Crippen molar-refractivity contribution in [1.29, 1.82) is 0 Å². The molecule has 0 unspecified atom stereocenters. The van der Waals surface area contributed by atoms with Gasteiger partial charge in [0.2, 0.25) is 5.91 Å². The van der Waals surface area contributed by atoms with Gasteiger partial charge in [-0.3, -0.25) is 9.35 Å². The predicted octanol–water partition coefficient (Wildman–Crippen LogP) is 1.43. The van der Waals surface area contributed by atoms with Gasteiger partial charge in [-0.15, -0.1) is 0 Å². The molecule has 0 aliphatic carbocycles. The fourth-order valence-electron chi connectivity index (χ4n) is 1.49. The van der Waals surface area contributed by atoms with Crippen LogP contribution in [0.5, 0.6) is 0 Å². The van der Waals surface area contributed by atoms with Crippen LogP contribution in [0, 0.1) is 0 Å². The molecule has 7 heteroatoms. The zero-order chi connectivity index (χ0) is 17.0. The molecule has 0 saturated carbocycles. The van der Waals surface area contributed by atoms with Gasteiger partial charge in [-0.2, -0.15) is 8.42 Å². The fourth-order valence-corrected chi connectivity index (χ4v) is 1.85. The first-order valence-corrected chi connectivity index (χ1v) is 8.20. The maximum Gasteiger partial charge on any atom is 0.266 e. The van der Waals surface area contributed by atoms with Crippen LogP contribution in [0.15, 0.2) is 48.5 Å². The molecule has 0 saturated heterocycles. The number of carbonyl (C=O) groups excluding carboxylic acids is 1. The third-order valence-corrected chi connectivity index (χ3v) is 3.11. The second kappa shape index (κ2) is 10.7. The van der Waals surface area contributed by atoms with Gasteiger partial charge in [-0.05, 0) is 17.8 Å². The molecule has 0 radical (unpaired) electrons. The summed E-state index contributed by atoms with van der Waals surface area (Å²) in [4.78, 5) is 10.1.